The maximum absolute atomic E-state index is 5.12. The fraction of sp³-hybridized carbons (Fsp3) is 0.148. The number of hydrogen-bond donors (Lipinski definition) is 0. The number of aromatic nitrogens is 3. The fourth-order valence-electron chi connectivity index (χ4n) is 4.81. The first-order valence-corrected chi connectivity index (χ1v) is 10.7. The summed E-state index contributed by atoms with van der Waals surface area (Å²) in [4.78, 5) is 16.9. The van der Waals surface area contributed by atoms with Crippen LogP contribution in [0.1, 0.15) is 18.0 Å². The summed E-state index contributed by atoms with van der Waals surface area (Å²) >= 11 is 0. The summed E-state index contributed by atoms with van der Waals surface area (Å²) in [5.41, 5.74) is 4.22. The Hall–Kier alpha value is -3.79. The van der Waals surface area contributed by atoms with Gasteiger partial charge in [-0.3, -0.25) is 4.98 Å². The molecular weight excluding hydrogens is 380 g/mol. The molecule has 4 heteroatoms. The van der Waals surface area contributed by atoms with Crippen LogP contribution < -0.4 is 4.90 Å². The molecule has 2 aromatic heterocycles. The van der Waals surface area contributed by atoms with Gasteiger partial charge in [0.05, 0.1) is 17.3 Å². The zero-order valence-corrected chi connectivity index (χ0v) is 17.0. The first-order chi connectivity index (χ1) is 15.4. The molecule has 3 aliphatic rings. The molecule has 0 N–H and O–H groups in total. The minimum atomic E-state index is 0.165. The Morgan fingerprint density at radius 1 is 0.806 bits per heavy atom. The lowest BCUT2D eigenvalue weighted by molar-refractivity contribution is 0.601. The minimum Gasteiger partial charge on any atom is -0.354 e. The molecular formula is C27H22N4. The van der Waals surface area contributed by atoms with Crippen LogP contribution in [0.2, 0.25) is 0 Å². The van der Waals surface area contributed by atoms with Crippen LogP contribution >= 0.6 is 0 Å². The van der Waals surface area contributed by atoms with Gasteiger partial charge in [0.2, 0.25) is 0 Å². The van der Waals surface area contributed by atoms with Gasteiger partial charge in [0.1, 0.15) is 0 Å². The average molecular weight is 403 g/mol. The highest BCUT2D eigenvalue weighted by Gasteiger charge is 2.33. The molecule has 6 rings (SSSR count). The SMILES string of the molecule is C1=CC=CC(N2c3cccc4nc(-c5cccnc5)nc(c34)C3C=CC=CC2C3)C=C1. The molecule has 0 saturated carbocycles. The lowest BCUT2D eigenvalue weighted by Crippen LogP contribution is -2.40. The van der Waals surface area contributed by atoms with Crippen molar-refractivity contribution in [2.24, 2.45) is 0 Å². The van der Waals surface area contributed by atoms with Crippen LogP contribution in [0.25, 0.3) is 22.3 Å². The number of hydrogen-bond acceptors (Lipinski definition) is 4. The average Bonchev–Trinajstić information content (AvgIpc) is 3.27. The maximum atomic E-state index is 5.12. The minimum absolute atomic E-state index is 0.165. The molecule has 0 spiro atoms. The number of allylic oxidation sites excluding steroid dienone is 7. The molecule has 1 aliphatic heterocycles. The number of benzene rings is 1. The van der Waals surface area contributed by atoms with Crippen LogP contribution in [-0.4, -0.2) is 27.0 Å². The Labute approximate surface area is 181 Å². The highest BCUT2D eigenvalue weighted by atomic mass is 15.2. The van der Waals surface area contributed by atoms with Crippen molar-refractivity contribution < 1.29 is 0 Å². The maximum Gasteiger partial charge on any atom is 0.161 e. The number of nitrogens with zero attached hydrogens (tertiary/aromatic N) is 4. The zero-order valence-electron chi connectivity index (χ0n) is 17.0. The van der Waals surface area contributed by atoms with E-state index in [1.807, 2.05) is 18.3 Å². The Balaban J connectivity index is 1.62. The molecule has 0 saturated heterocycles. The first kappa shape index (κ1) is 18.0. The third-order valence-corrected chi connectivity index (χ3v) is 6.19. The number of pyridine rings is 1. The third-order valence-electron chi connectivity index (χ3n) is 6.19. The molecule has 1 aromatic carbocycles. The van der Waals surface area contributed by atoms with E-state index in [-0.39, 0.29) is 18.0 Å². The molecule has 2 atom stereocenters. The van der Waals surface area contributed by atoms with E-state index in [1.54, 1.807) is 6.20 Å². The van der Waals surface area contributed by atoms with E-state index >= 15 is 0 Å². The summed E-state index contributed by atoms with van der Waals surface area (Å²) in [5.74, 6) is 0.964. The standard InChI is InChI=1S/C27H22N4/c1-2-4-12-21(11-3-1)31-22-13-6-5-9-19(17-22)26-25-23(14-7-15-24(25)31)29-27(30-26)20-10-8-16-28-18-20/h1-16,18-19,21-22H,17H2. The number of rotatable bonds is 2. The van der Waals surface area contributed by atoms with Gasteiger partial charge in [-0.2, -0.15) is 0 Å². The summed E-state index contributed by atoms with van der Waals surface area (Å²) < 4.78 is 0. The molecule has 4 nitrogen and oxygen atoms in total. The largest absolute Gasteiger partial charge is 0.354 e. The Morgan fingerprint density at radius 2 is 1.65 bits per heavy atom. The van der Waals surface area contributed by atoms with E-state index in [0.29, 0.717) is 0 Å². The molecule has 3 heterocycles. The second-order valence-electron chi connectivity index (χ2n) is 8.08. The summed E-state index contributed by atoms with van der Waals surface area (Å²) in [7, 11) is 0. The van der Waals surface area contributed by atoms with Gasteiger partial charge in [0.25, 0.3) is 0 Å². The Morgan fingerprint density at radius 3 is 2.48 bits per heavy atom. The van der Waals surface area contributed by atoms with Crippen molar-refractivity contribution in [2.75, 3.05) is 4.90 Å². The van der Waals surface area contributed by atoms with Gasteiger partial charge in [-0.05, 0) is 30.7 Å². The van der Waals surface area contributed by atoms with Gasteiger partial charge in [0.15, 0.2) is 5.82 Å². The van der Waals surface area contributed by atoms with E-state index in [2.05, 4.69) is 88.8 Å². The Kier molecular flexibility index (Phi) is 4.34. The smallest absolute Gasteiger partial charge is 0.161 e. The highest BCUT2D eigenvalue weighted by Crippen LogP contribution is 2.43. The van der Waals surface area contributed by atoms with Crippen molar-refractivity contribution in [2.45, 2.75) is 24.4 Å². The number of fused-ring (bicyclic) bond motifs is 3. The lowest BCUT2D eigenvalue weighted by atomic mass is 9.95. The van der Waals surface area contributed by atoms with Crippen LogP contribution in [0.15, 0.2) is 103 Å². The Bertz CT molecular complexity index is 1270. The van der Waals surface area contributed by atoms with Crippen LogP contribution in [0.3, 0.4) is 0 Å². The van der Waals surface area contributed by atoms with Gasteiger partial charge in [-0.15, -0.1) is 0 Å². The van der Waals surface area contributed by atoms with E-state index < -0.39 is 0 Å². The monoisotopic (exact) mass is 402 g/mol. The van der Waals surface area contributed by atoms with Crippen LogP contribution in [0, 0.1) is 0 Å². The van der Waals surface area contributed by atoms with Crippen LogP contribution in [0.5, 0.6) is 0 Å². The molecule has 2 bridgehead atoms. The van der Waals surface area contributed by atoms with E-state index in [1.165, 1.54) is 5.69 Å². The van der Waals surface area contributed by atoms with Crippen molar-refractivity contribution >= 4 is 16.6 Å². The zero-order chi connectivity index (χ0) is 20.6. The quantitative estimate of drug-likeness (QED) is 0.565. The lowest BCUT2D eigenvalue weighted by Gasteiger charge is -2.36. The summed E-state index contributed by atoms with van der Waals surface area (Å²) in [6, 6.07) is 10.8. The van der Waals surface area contributed by atoms with Gasteiger partial charge in [-0.25, -0.2) is 9.97 Å². The molecule has 0 amide bonds. The number of anilines is 1. The second kappa shape index (κ2) is 7.47. The summed E-state index contributed by atoms with van der Waals surface area (Å²) in [6.07, 6.45) is 26.5. The van der Waals surface area contributed by atoms with Gasteiger partial charge >= 0.3 is 0 Å². The molecule has 3 aromatic rings. The summed E-state index contributed by atoms with van der Waals surface area (Å²) in [6.45, 7) is 0. The molecule has 0 fully saturated rings. The van der Waals surface area contributed by atoms with Crippen LogP contribution in [0.4, 0.5) is 5.69 Å². The first-order valence-electron chi connectivity index (χ1n) is 10.7. The molecule has 150 valence electrons. The molecule has 2 unspecified atom stereocenters. The van der Waals surface area contributed by atoms with Gasteiger partial charge in [0, 0.05) is 41.0 Å². The summed E-state index contributed by atoms with van der Waals surface area (Å²) in [5, 5.41) is 1.15. The van der Waals surface area contributed by atoms with E-state index in [9.17, 15) is 0 Å². The van der Waals surface area contributed by atoms with Crippen LogP contribution in [-0.2, 0) is 0 Å². The fourth-order valence-corrected chi connectivity index (χ4v) is 4.81. The second-order valence-corrected chi connectivity index (χ2v) is 8.08. The molecule has 2 aliphatic carbocycles. The van der Waals surface area contributed by atoms with Crippen molar-refractivity contribution in [3.8, 4) is 11.4 Å². The van der Waals surface area contributed by atoms with Gasteiger partial charge in [-0.1, -0.05) is 66.8 Å². The predicted molar refractivity (Wildman–Crippen MR) is 126 cm³/mol. The van der Waals surface area contributed by atoms with E-state index in [4.69, 9.17) is 9.97 Å². The van der Waals surface area contributed by atoms with Crippen molar-refractivity contribution in [3.05, 3.63) is 109 Å². The van der Waals surface area contributed by atoms with Crippen molar-refractivity contribution in [3.63, 3.8) is 0 Å². The van der Waals surface area contributed by atoms with Crippen molar-refractivity contribution in [1.82, 2.24) is 15.0 Å². The predicted octanol–water partition coefficient (Wildman–Crippen LogP) is 5.53. The topological polar surface area (TPSA) is 41.9 Å². The highest BCUT2D eigenvalue weighted by molar-refractivity contribution is 5.96. The van der Waals surface area contributed by atoms with E-state index in [0.717, 1.165) is 34.4 Å². The third kappa shape index (κ3) is 3.12. The molecule has 0 radical (unpaired) electrons. The van der Waals surface area contributed by atoms with Crippen molar-refractivity contribution in [1.29, 1.82) is 0 Å². The normalized spacial score (nSPS) is 21.9. The van der Waals surface area contributed by atoms with Gasteiger partial charge < -0.3 is 4.90 Å². The molecule has 31 heavy (non-hydrogen) atoms.